The third kappa shape index (κ3) is 6.03. The summed E-state index contributed by atoms with van der Waals surface area (Å²) in [5.41, 5.74) is 0. The Balaban J connectivity index is 0.000000791. The maximum absolute atomic E-state index is 12.5. The van der Waals surface area contributed by atoms with Gasteiger partial charge in [-0.05, 0) is 30.2 Å². The fraction of sp³-hybridized carbons (Fsp3) is 0.500. The van der Waals surface area contributed by atoms with E-state index in [1.54, 1.807) is 11.8 Å². The van der Waals surface area contributed by atoms with Gasteiger partial charge >= 0.3 is 0 Å². The zero-order chi connectivity index (χ0) is 11.0. The van der Waals surface area contributed by atoms with Crippen molar-refractivity contribution in [3.8, 4) is 0 Å². The SMILES string of the molecule is CC.CC(C)CSc1ccc(F)cc1. The summed E-state index contributed by atoms with van der Waals surface area (Å²) in [6.07, 6.45) is 0. The predicted molar refractivity (Wildman–Crippen MR) is 63.3 cm³/mol. The minimum atomic E-state index is -0.163. The van der Waals surface area contributed by atoms with Gasteiger partial charge in [-0.2, -0.15) is 0 Å². The van der Waals surface area contributed by atoms with E-state index in [-0.39, 0.29) is 5.82 Å². The van der Waals surface area contributed by atoms with Gasteiger partial charge < -0.3 is 0 Å². The van der Waals surface area contributed by atoms with Gasteiger partial charge in [0, 0.05) is 10.6 Å². The summed E-state index contributed by atoms with van der Waals surface area (Å²) < 4.78 is 12.5. The van der Waals surface area contributed by atoms with Crippen LogP contribution in [-0.2, 0) is 0 Å². The fourth-order valence-electron chi connectivity index (χ4n) is 0.794. The molecule has 0 bridgehead atoms. The third-order valence-corrected chi connectivity index (χ3v) is 2.84. The van der Waals surface area contributed by atoms with Gasteiger partial charge in [0.05, 0.1) is 0 Å². The number of hydrogen-bond donors (Lipinski definition) is 0. The minimum Gasteiger partial charge on any atom is -0.207 e. The molecule has 1 rings (SSSR count). The van der Waals surface area contributed by atoms with Crippen molar-refractivity contribution in [1.29, 1.82) is 0 Å². The van der Waals surface area contributed by atoms with Gasteiger partial charge in [0.25, 0.3) is 0 Å². The monoisotopic (exact) mass is 214 g/mol. The highest BCUT2D eigenvalue weighted by Crippen LogP contribution is 2.20. The Kier molecular flexibility index (Phi) is 7.58. The first-order chi connectivity index (χ1) is 6.68. The Morgan fingerprint density at radius 2 is 1.64 bits per heavy atom. The normalized spacial score (nSPS) is 9.57. The molecule has 0 aliphatic heterocycles. The average Bonchev–Trinajstić information content (AvgIpc) is 2.20. The highest BCUT2D eigenvalue weighted by atomic mass is 32.2. The van der Waals surface area contributed by atoms with E-state index in [9.17, 15) is 4.39 Å². The zero-order valence-electron chi connectivity index (χ0n) is 9.38. The summed E-state index contributed by atoms with van der Waals surface area (Å²) in [5, 5.41) is 0. The molecule has 2 heteroatoms. The van der Waals surface area contributed by atoms with E-state index in [2.05, 4.69) is 13.8 Å². The molecular formula is C12H19FS. The Morgan fingerprint density at radius 1 is 1.14 bits per heavy atom. The van der Waals surface area contributed by atoms with Crippen LogP contribution in [0, 0.1) is 11.7 Å². The molecule has 0 saturated heterocycles. The molecule has 0 heterocycles. The lowest BCUT2D eigenvalue weighted by Gasteiger charge is -2.03. The topological polar surface area (TPSA) is 0 Å². The first-order valence-corrected chi connectivity index (χ1v) is 6.05. The lowest BCUT2D eigenvalue weighted by Crippen LogP contribution is -1.89. The van der Waals surface area contributed by atoms with Crippen LogP contribution in [0.25, 0.3) is 0 Å². The maximum Gasteiger partial charge on any atom is 0.123 e. The number of benzene rings is 1. The molecule has 14 heavy (non-hydrogen) atoms. The number of rotatable bonds is 3. The first kappa shape index (κ1) is 13.5. The van der Waals surface area contributed by atoms with Crippen LogP contribution in [0.5, 0.6) is 0 Å². The number of thioether (sulfide) groups is 1. The second-order valence-electron chi connectivity index (χ2n) is 3.16. The highest BCUT2D eigenvalue weighted by Gasteiger charge is 1.96. The molecular weight excluding hydrogens is 195 g/mol. The van der Waals surface area contributed by atoms with Crippen LogP contribution < -0.4 is 0 Å². The smallest absolute Gasteiger partial charge is 0.123 e. The van der Waals surface area contributed by atoms with Gasteiger partial charge in [0.15, 0.2) is 0 Å². The Morgan fingerprint density at radius 3 is 2.07 bits per heavy atom. The molecule has 0 aromatic heterocycles. The molecule has 0 fully saturated rings. The molecule has 0 N–H and O–H groups in total. The zero-order valence-corrected chi connectivity index (χ0v) is 10.2. The van der Waals surface area contributed by atoms with E-state index in [4.69, 9.17) is 0 Å². The van der Waals surface area contributed by atoms with Crippen molar-refractivity contribution < 1.29 is 4.39 Å². The molecule has 80 valence electrons. The minimum absolute atomic E-state index is 0.163. The van der Waals surface area contributed by atoms with E-state index in [1.807, 2.05) is 26.0 Å². The molecule has 0 unspecified atom stereocenters. The van der Waals surface area contributed by atoms with E-state index < -0.39 is 0 Å². The largest absolute Gasteiger partial charge is 0.207 e. The molecule has 0 atom stereocenters. The van der Waals surface area contributed by atoms with Crippen LogP contribution in [0.3, 0.4) is 0 Å². The van der Waals surface area contributed by atoms with Crippen molar-refractivity contribution >= 4 is 11.8 Å². The van der Waals surface area contributed by atoms with Crippen LogP contribution in [0.4, 0.5) is 4.39 Å². The van der Waals surface area contributed by atoms with Crippen molar-refractivity contribution in [3.63, 3.8) is 0 Å². The highest BCUT2D eigenvalue weighted by molar-refractivity contribution is 7.99. The molecule has 0 aliphatic carbocycles. The van der Waals surface area contributed by atoms with E-state index in [1.165, 1.54) is 12.1 Å². The van der Waals surface area contributed by atoms with Crippen molar-refractivity contribution in [3.05, 3.63) is 30.1 Å². The molecule has 1 aromatic carbocycles. The summed E-state index contributed by atoms with van der Waals surface area (Å²) in [7, 11) is 0. The van der Waals surface area contributed by atoms with Gasteiger partial charge in [0.2, 0.25) is 0 Å². The van der Waals surface area contributed by atoms with E-state index >= 15 is 0 Å². The lowest BCUT2D eigenvalue weighted by atomic mass is 10.3. The lowest BCUT2D eigenvalue weighted by molar-refractivity contribution is 0.626. The Hall–Kier alpha value is -0.500. The fourth-order valence-corrected chi connectivity index (χ4v) is 1.65. The second-order valence-corrected chi connectivity index (χ2v) is 4.25. The van der Waals surface area contributed by atoms with Crippen LogP contribution in [0.15, 0.2) is 29.2 Å². The Labute approximate surface area is 90.9 Å². The van der Waals surface area contributed by atoms with Gasteiger partial charge in [-0.25, -0.2) is 4.39 Å². The molecule has 0 spiro atoms. The molecule has 1 aromatic rings. The molecule has 0 aliphatic rings. The van der Waals surface area contributed by atoms with Crippen LogP contribution in [-0.4, -0.2) is 5.75 Å². The van der Waals surface area contributed by atoms with Gasteiger partial charge in [-0.15, -0.1) is 11.8 Å². The summed E-state index contributed by atoms with van der Waals surface area (Å²) in [6, 6.07) is 6.65. The summed E-state index contributed by atoms with van der Waals surface area (Å²) >= 11 is 1.77. The number of halogens is 1. The predicted octanol–water partition coefficient (Wildman–Crippen LogP) is 4.60. The van der Waals surface area contributed by atoms with Gasteiger partial charge in [-0.1, -0.05) is 27.7 Å². The van der Waals surface area contributed by atoms with E-state index in [0.717, 1.165) is 10.6 Å². The molecule has 0 amide bonds. The summed E-state index contributed by atoms with van der Waals surface area (Å²) in [5.74, 6) is 1.61. The second kappa shape index (κ2) is 7.86. The van der Waals surface area contributed by atoms with Gasteiger partial charge in [-0.3, -0.25) is 0 Å². The average molecular weight is 214 g/mol. The van der Waals surface area contributed by atoms with Crippen LogP contribution >= 0.6 is 11.8 Å². The van der Waals surface area contributed by atoms with Crippen LogP contribution in [0.1, 0.15) is 27.7 Å². The van der Waals surface area contributed by atoms with Crippen molar-refractivity contribution in [2.75, 3.05) is 5.75 Å². The standard InChI is InChI=1S/C10H13FS.C2H6/c1-8(2)7-12-10-5-3-9(11)4-6-10;1-2/h3-6,8H,7H2,1-2H3;1-2H3. The number of hydrogen-bond acceptors (Lipinski definition) is 1. The molecule has 0 radical (unpaired) electrons. The van der Waals surface area contributed by atoms with Crippen molar-refractivity contribution in [1.82, 2.24) is 0 Å². The summed E-state index contributed by atoms with van der Waals surface area (Å²) in [4.78, 5) is 1.14. The van der Waals surface area contributed by atoms with Crippen LogP contribution in [0.2, 0.25) is 0 Å². The maximum atomic E-state index is 12.5. The van der Waals surface area contributed by atoms with Gasteiger partial charge in [0.1, 0.15) is 5.82 Å². The quantitative estimate of drug-likeness (QED) is 0.663. The van der Waals surface area contributed by atoms with Crippen molar-refractivity contribution in [2.45, 2.75) is 32.6 Å². The first-order valence-electron chi connectivity index (χ1n) is 5.07. The van der Waals surface area contributed by atoms with E-state index in [0.29, 0.717) is 5.92 Å². The Bertz CT molecular complexity index is 229. The molecule has 0 saturated carbocycles. The molecule has 0 nitrogen and oxygen atoms in total. The van der Waals surface area contributed by atoms with Crippen molar-refractivity contribution in [2.24, 2.45) is 5.92 Å². The third-order valence-electron chi connectivity index (χ3n) is 1.40. The summed E-state index contributed by atoms with van der Waals surface area (Å²) in [6.45, 7) is 8.35.